The molecule has 0 aliphatic rings. The number of carbonyl (C=O) groups is 1. The first-order valence-corrected chi connectivity index (χ1v) is 7.70. The molecule has 1 amide bonds. The third-order valence-corrected chi connectivity index (χ3v) is 3.54. The molecule has 3 nitrogen and oxygen atoms in total. The van der Waals surface area contributed by atoms with Crippen molar-refractivity contribution in [1.29, 1.82) is 0 Å². The molecule has 8 heteroatoms. The molecular weight excluding hydrogens is 365 g/mol. The van der Waals surface area contributed by atoms with Crippen LogP contribution in [0.4, 0.5) is 5.69 Å². The summed E-state index contributed by atoms with van der Waals surface area (Å²) in [6, 6.07) is 4.83. The zero-order valence-electron chi connectivity index (χ0n) is 10.5. The quantitative estimate of drug-likeness (QED) is 0.558. The maximum Gasteiger partial charge on any atom is 0.228 e. The molecule has 0 unspecified atom stereocenters. The van der Waals surface area contributed by atoms with Gasteiger partial charge < -0.3 is 10.6 Å². The Bertz CT molecular complexity index is 475. The van der Waals surface area contributed by atoms with Gasteiger partial charge in [-0.3, -0.25) is 4.79 Å². The van der Waals surface area contributed by atoms with Crippen molar-refractivity contribution in [1.82, 2.24) is 5.32 Å². The van der Waals surface area contributed by atoms with Crippen molar-refractivity contribution in [2.24, 2.45) is 0 Å². The van der Waals surface area contributed by atoms with Crippen LogP contribution in [0.3, 0.4) is 0 Å². The topological polar surface area (TPSA) is 41.1 Å². The Labute approximate surface area is 142 Å². The maximum atomic E-state index is 11.6. The van der Waals surface area contributed by atoms with Gasteiger partial charge in [0.15, 0.2) is 0 Å². The number of hydrogen-bond acceptors (Lipinski definition) is 2. The first-order valence-electron chi connectivity index (χ1n) is 5.81. The summed E-state index contributed by atoms with van der Waals surface area (Å²) >= 11 is 29.4. The van der Waals surface area contributed by atoms with Crippen LogP contribution in [0.15, 0.2) is 18.2 Å². The number of nitrogens with one attached hydrogen (secondary N) is 2. The van der Waals surface area contributed by atoms with E-state index in [2.05, 4.69) is 10.6 Å². The molecule has 0 aromatic heterocycles. The summed E-state index contributed by atoms with van der Waals surface area (Å²) in [5, 5.41) is 6.35. The van der Waals surface area contributed by atoms with E-state index >= 15 is 0 Å². The Kier molecular flexibility index (Phi) is 7.02. The van der Waals surface area contributed by atoms with Gasteiger partial charge in [-0.2, -0.15) is 0 Å². The molecule has 0 aliphatic heterocycles. The second kappa shape index (κ2) is 7.81. The molecule has 0 fully saturated rings. The molecule has 0 spiro atoms. The molecule has 0 bridgehead atoms. The molecule has 1 aromatic carbocycles. The monoisotopic (exact) mass is 376 g/mol. The molecular formula is C12H13Cl5N2O. The third kappa shape index (κ3) is 5.74. The fraction of sp³-hybridized carbons (Fsp3) is 0.417. The van der Waals surface area contributed by atoms with Crippen molar-refractivity contribution in [2.45, 2.75) is 29.7 Å². The van der Waals surface area contributed by atoms with E-state index in [-0.39, 0.29) is 5.91 Å². The molecule has 112 valence electrons. The van der Waals surface area contributed by atoms with Gasteiger partial charge in [0, 0.05) is 11.4 Å². The number of carbonyl (C=O) groups excluding carboxylic acids is 1. The minimum atomic E-state index is -1.73. The maximum absolute atomic E-state index is 11.6. The van der Waals surface area contributed by atoms with Crippen molar-refractivity contribution in [2.75, 3.05) is 5.32 Å². The minimum absolute atomic E-state index is 0.221. The van der Waals surface area contributed by atoms with E-state index in [1.807, 2.05) is 6.92 Å². The van der Waals surface area contributed by atoms with Crippen molar-refractivity contribution in [3.05, 3.63) is 28.2 Å². The lowest BCUT2D eigenvalue weighted by Crippen LogP contribution is -2.49. The van der Waals surface area contributed by atoms with E-state index in [4.69, 9.17) is 58.0 Å². The van der Waals surface area contributed by atoms with Crippen LogP contribution < -0.4 is 10.6 Å². The Morgan fingerprint density at radius 2 is 1.95 bits per heavy atom. The molecule has 0 radical (unpaired) electrons. The van der Waals surface area contributed by atoms with Crippen molar-refractivity contribution in [3.63, 3.8) is 0 Å². The predicted molar refractivity (Wildman–Crippen MR) is 87.2 cm³/mol. The number of alkyl halides is 3. The Morgan fingerprint density at radius 3 is 2.45 bits per heavy atom. The summed E-state index contributed by atoms with van der Waals surface area (Å²) in [6.07, 6.45) is 0.123. The van der Waals surface area contributed by atoms with E-state index in [0.29, 0.717) is 28.6 Å². The van der Waals surface area contributed by atoms with Crippen LogP contribution in [-0.4, -0.2) is 15.9 Å². The summed E-state index contributed by atoms with van der Waals surface area (Å²) in [5.41, 5.74) is 0.504. The molecule has 2 N–H and O–H groups in total. The molecule has 0 aliphatic carbocycles. The SMILES string of the molecule is CCCC(=O)N[C@@H](Nc1ccc(Cl)cc1Cl)C(Cl)(Cl)Cl. The highest BCUT2D eigenvalue weighted by atomic mass is 35.6. The first kappa shape index (κ1) is 18.0. The van der Waals surface area contributed by atoms with E-state index in [1.165, 1.54) is 0 Å². The smallest absolute Gasteiger partial charge is 0.228 e. The van der Waals surface area contributed by atoms with Gasteiger partial charge >= 0.3 is 0 Å². The van der Waals surface area contributed by atoms with Gasteiger partial charge in [-0.1, -0.05) is 64.9 Å². The summed E-state index contributed by atoms with van der Waals surface area (Å²) in [7, 11) is 0. The average Bonchev–Trinajstić information content (AvgIpc) is 2.30. The number of anilines is 1. The van der Waals surface area contributed by atoms with Crippen LogP contribution in [0.2, 0.25) is 10.0 Å². The van der Waals surface area contributed by atoms with E-state index in [9.17, 15) is 4.79 Å². The molecule has 0 saturated carbocycles. The third-order valence-electron chi connectivity index (χ3n) is 2.34. The Hall–Kier alpha value is -0.0600. The number of rotatable bonds is 5. The summed E-state index contributed by atoms with van der Waals surface area (Å²) < 4.78 is -1.73. The zero-order chi connectivity index (χ0) is 15.3. The van der Waals surface area contributed by atoms with Crippen LogP contribution in [0.1, 0.15) is 19.8 Å². The van der Waals surface area contributed by atoms with Crippen molar-refractivity contribution < 1.29 is 4.79 Å². The van der Waals surface area contributed by atoms with Crippen LogP contribution in [-0.2, 0) is 4.79 Å². The van der Waals surface area contributed by atoms with Gasteiger partial charge in [0.25, 0.3) is 0 Å². The van der Waals surface area contributed by atoms with Crippen molar-refractivity contribution >= 4 is 69.6 Å². The number of halogens is 5. The largest absolute Gasteiger partial charge is 0.361 e. The lowest BCUT2D eigenvalue weighted by Gasteiger charge is -2.27. The van der Waals surface area contributed by atoms with Crippen LogP contribution in [0.25, 0.3) is 0 Å². The van der Waals surface area contributed by atoms with Gasteiger partial charge in [-0.05, 0) is 24.6 Å². The predicted octanol–water partition coefficient (Wildman–Crippen LogP) is 5.02. The molecule has 1 rings (SSSR count). The molecule has 0 saturated heterocycles. The van der Waals surface area contributed by atoms with E-state index in [1.54, 1.807) is 18.2 Å². The number of amides is 1. The highest BCUT2D eigenvalue weighted by molar-refractivity contribution is 6.68. The van der Waals surface area contributed by atoms with E-state index < -0.39 is 9.96 Å². The van der Waals surface area contributed by atoms with Gasteiger partial charge in [-0.15, -0.1) is 0 Å². The van der Waals surface area contributed by atoms with Crippen molar-refractivity contribution in [3.8, 4) is 0 Å². The fourth-order valence-electron chi connectivity index (χ4n) is 1.42. The molecule has 0 heterocycles. The van der Waals surface area contributed by atoms with Crippen LogP contribution >= 0.6 is 58.0 Å². The summed E-state index contributed by atoms with van der Waals surface area (Å²) in [5.74, 6) is -0.221. The normalized spacial score (nSPS) is 12.9. The fourth-order valence-corrected chi connectivity index (χ4v) is 2.21. The van der Waals surface area contributed by atoms with Crippen LogP contribution in [0.5, 0.6) is 0 Å². The lowest BCUT2D eigenvalue weighted by atomic mass is 10.3. The molecule has 1 atom stereocenters. The summed E-state index contributed by atoms with van der Waals surface area (Å²) in [4.78, 5) is 11.6. The highest BCUT2D eigenvalue weighted by Gasteiger charge is 2.34. The molecule has 1 aromatic rings. The van der Waals surface area contributed by atoms with Gasteiger partial charge in [0.1, 0.15) is 6.17 Å². The number of benzene rings is 1. The minimum Gasteiger partial charge on any atom is -0.361 e. The Balaban J connectivity index is 2.87. The lowest BCUT2D eigenvalue weighted by molar-refractivity contribution is -0.121. The highest BCUT2D eigenvalue weighted by Crippen LogP contribution is 2.33. The second-order valence-electron chi connectivity index (χ2n) is 4.06. The standard InChI is InChI=1S/C12H13Cl5N2O/c1-2-3-10(20)19-11(12(15,16)17)18-9-5-4-7(13)6-8(9)14/h4-6,11,18H,2-3H2,1H3,(H,19,20)/t11-/m1/s1. The Morgan fingerprint density at radius 1 is 1.30 bits per heavy atom. The second-order valence-corrected chi connectivity index (χ2v) is 7.27. The van der Waals surface area contributed by atoms with Gasteiger partial charge in [0.2, 0.25) is 9.70 Å². The zero-order valence-corrected chi connectivity index (χ0v) is 14.3. The van der Waals surface area contributed by atoms with E-state index in [0.717, 1.165) is 0 Å². The molecule has 20 heavy (non-hydrogen) atoms. The van der Waals surface area contributed by atoms with Crippen LogP contribution in [0, 0.1) is 0 Å². The van der Waals surface area contributed by atoms with Gasteiger partial charge in [0.05, 0.1) is 10.7 Å². The average molecular weight is 379 g/mol. The van der Waals surface area contributed by atoms with Gasteiger partial charge in [-0.25, -0.2) is 0 Å². The summed E-state index contributed by atoms with van der Waals surface area (Å²) in [6.45, 7) is 1.88. The number of hydrogen-bond donors (Lipinski definition) is 2. The first-order chi connectivity index (χ1) is 9.24.